The fourth-order valence-corrected chi connectivity index (χ4v) is 12.9. The molecule has 4 amide bonds. The van der Waals surface area contributed by atoms with Gasteiger partial charge in [-0.3, -0.25) is 29.0 Å². The van der Waals surface area contributed by atoms with Crippen LogP contribution in [0.5, 0.6) is 46.0 Å². The molecular weight excluding hydrogens is 1300 g/mol. The lowest BCUT2D eigenvalue weighted by atomic mass is 9.80. The van der Waals surface area contributed by atoms with Gasteiger partial charge in [0.05, 0.1) is 61.9 Å². The molecule has 0 saturated carbocycles. The molecule has 4 aliphatic heterocycles. The van der Waals surface area contributed by atoms with E-state index in [-0.39, 0.29) is 165 Å². The van der Waals surface area contributed by atoms with E-state index in [2.05, 4.69) is 0 Å². The van der Waals surface area contributed by atoms with Crippen molar-refractivity contribution < 1.29 is 89.3 Å². The van der Waals surface area contributed by atoms with Crippen molar-refractivity contribution in [1.29, 1.82) is 0 Å². The summed E-state index contributed by atoms with van der Waals surface area (Å²) < 4.78 is 109. The van der Waals surface area contributed by atoms with Crippen molar-refractivity contribution >= 4 is 78.7 Å². The number of ether oxygens (including phenoxy) is 10. The quantitative estimate of drug-likeness (QED) is 0.0154. The number of imide groups is 2. The Balaban J connectivity index is 1.15. The van der Waals surface area contributed by atoms with Gasteiger partial charge in [0.25, 0.3) is 23.6 Å². The number of halogens is 3. The van der Waals surface area contributed by atoms with Crippen molar-refractivity contribution in [3.8, 4) is 46.0 Å². The van der Waals surface area contributed by atoms with E-state index < -0.39 is 71.6 Å². The summed E-state index contributed by atoms with van der Waals surface area (Å²) in [7, 11) is 0. The fraction of sp³-hybridized carbons (Fsp3) is 0.375. The second-order valence-corrected chi connectivity index (χ2v) is 30.2. The van der Waals surface area contributed by atoms with Gasteiger partial charge < -0.3 is 47.4 Å². The van der Waals surface area contributed by atoms with Crippen LogP contribution in [0.3, 0.4) is 0 Å². The van der Waals surface area contributed by atoms with E-state index in [1.165, 1.54) is 31.2 Å². The van der Waals surface area contributed by atoms with E-state index in [0.717, 1.165) is 27.2 Å². The number of epoxide rings is 2. The second kappa shape index (κ2) is 26.1. The van der Waals surface area contributed by atoms with Crippen LogP contribution in [-0.2, 0) is 59.7 Å². The first-order chi connectivity index (χ1) is 47.6. The van der Waals surface area contributed by atoms with Crippen LogP contribution >= 0.6 is 0 Å². The first-order valence-corrected chi connectivity index (χ1v) is 33.7. The molecule has 9 aromatic rings. The van der Waals surface area contributed by atoms with Gasteiger partial charge in [-0.2, -0.15) is 13.2 Å². The van der Waals surface area contributed by atoms with E-state index in [4.69, 9.17) is 47.4 Å². The molecule has 18 nitrogen and oxygen atoms in total. The minimum atomic E-state index is -5.61. The van der Waals surface area contributed by atoms with Gasteiger partial charge >= 0.3 is 18.1 Å². The predicted octanol–water partition coefficient (Wildman–Crippen LogP) is 16.5. The monoisotopic (exact) mass is 1380 g/mol. The van der Waals surface area contributed by atoms with Crippen LogP contribution in [0.1, 0.15) is 154 Å². The number of benzene rings is 9. The minimum Gasteiger partial charge on any atom is -0.462 e. The Morgan fingerprint density at radius 3 is 0.931 bits per heavy atom. The third-order valence-corrected chi connectivity index (χ3v) is 18.6. The maximum atomic E-state index is 16.0. The number of carbonyl (C=O) groups excluding carboxylic acids is 6. The third-order valence-electron chi connectivity index (χ3n) is 18.6. The molecule has 4 aliphatic rings. The fourth-order valence-electron chi connectivity index (χ4n) is 12.9. The molecule has 0 bridgehead atoms. The summed E-state index contributed by atoms with van der Waals surface area (Å²) in [6, 6.07) is 29.0. The van der Waals surface area contributed by atoms with Crippen molar-refractivity contribution in [1.82, 2.24) is 9.80 Å². The maximum Gasteiger partial charge on any atom is 0.420 e. The summed E-state index contributed by atoms with van der Waals surface area (Å²) in [5.74, 6) is -7.41. The van der Waals surface area contributed by atoms with Gasteiger partial charge in [-0.1, -0.05) is 132 Å². The molecule has 526 valence electrons. The van der Waals surface area contributed by atoms with E-state index >= 15 is 32.3 Å². The van der Waals surface area contributed by atoms with Crippen molar-refractivity contribution in [2.45, 2.75) is 142 Å². The molecule has 2 fully saturated rings. The molecule has 4 atom stereocenters. The molecule has 13 rings (SSSR count). The van der Waals surface area contributed by atoms with Crippen LogP contribution in [0.2, 0.25) is 0 Å². The molecule has 0 N–H and O–H groups in total. The lowest BCUT2D eigenvalue weighted by molar-refractivity contribution is -0.195. The topological polar surface area (TPSA) is 208 Å². The highest BCUT2D eigenvalue weighted by Crippen LogP contribution is 2.58. The number of rotatable bonds is 22. The predicted molar refractivity (Wildman–Crippen MR) is 372 cm³/mol. The van der Waals surface area contributed by atoms with Gasteiger partial charge in [0.1, 0.15) is 77.5 Å². The third kappa shape index (κ3) is 13.8. The molecule has 0 spiro atoms. The molecule has 4 unspecified atom stereocenters. The van der Waals surface area contributed by atoms with Gasteiger partial charge in [0, 0.05) is 43.1 Å². The molecular formula is C80H79F3N2O16. The Hall–Kier alpha value is -9.67. The van der Waals surface area contributed by atoms with E-state index in [9.17, 15) is 9.59 Å². The lowest BCUT2D eigenvalue weighted by Crippen LogP contribution is -2.57. The highest BCUT2D eigenvalue weighted by molar-refractivity contribution is 6.45. The van der Waals surface area contributed by atoms with Gasteiger partial charge in [-0.25, -0.2) is 9.59 Å². The summed E-state index contributed by atoms with van der Waals surface area (Å²) >= 11 is 0. The average molecular weight is 1380 g/mol. The van der Waals surface area contributed by atoms with Crippen molar-refractivity contribution in [3.05, 3.63) is 166 Å². The van der Waals surface area contributed by atoms with Crippen LogP contribution in [0, 0.1) is 0 Å². The van der Waals surface area contributed by atoms with E-state index in [0.29, 0.717) is 19.8 Å². The first-order valence-electron chi connectivity index (χ1n) is 33.7. The van der Waals surface area contributed by atoms with Crippen molar-refractivity contribution in [2.24, 2.45) is 0 Å². The van der Waals surface area contributed by atoms with Gasteiger partial charge in [0.2, 0.25) is 6.04 Å². The Kier molecular flexibility index (Phi) is 18.0. The summed E-state index contributed by atoms with van der Waals surface area (Å²) in [5.41, 5.74) is 1.13. The number of amides is 4. The number of hydrogen-bond donors (Lipinski definition) is 0. The Bertz CT molecular complexity index is 4530. The number of fused-ring (bicyclic) bond motifs is 2. The molecule has 21 heteroatoms. The standard InChI is InChI=1S/C80H79F3N2O16/c1-42(74(90)94-32-30-92-38-51-40-96-51)84-70(86)53-34-57(98-47-22-14-43(15-23-47)76(2,3)4)63-65-59(100-49-26-18-45(19-27-49)78(8,9)10)36-55-62-56(73(89)85(72(55)88)69(80(81,82)83)75(91)95-33-31-93-39-52-41-97-52)37-60(101-50-28-20-46(21-29-50)79(11,12)13)66(68(62)65)64-58(35-54(71(84)87)61(53)67(63)64)99-48-24-16-44(17-25-48)77(5,6)7/h14-29,34-37,42,51-52,69H,30-33,38-41H2,1-13H3. The smallest absolute Gasteiger partial charge is 0.420 e. The normalized spacial score (nSPS) is 16.9. The Labute approximate surface area is 582 Å². The molecule has 0 radical (unpaired) electrons. The van der Waals surface area contributed by atoms with E-state index in [1.807, 2.05) is 132 Å². The first kappa shape index (κ1) is 69.8. The largest absolute Gasteiger partial charge is 0.462 e. The zero-order chi connectivity index (χ0) is 72.2. The number of hydrogen-bond acceptors (Lipinski definition) is 16. The second-order valence-electron chi connectivity index (χ2n) is 30.2. The highest BCUT2D eigenvalue weighted by atomic mass is 19.4. The van der Waals surface area contributed by atoms with Crippen LogP contribution in [0.4, 0.5) is 13.2 Å². The SMILES string of the molecule is CC(C(=O)OCCOCC1CO1)N1C(=O)c2cc(Oc3ccc(C(C)(C)C)cc3)c3c4c(Oc5ccc(C(C)(C)C)cc5)cc5c6c(cc(Oc7ccc(C(C)(C)C)cc7)c(c7c(Oc8ccc(C(C)(C)C)cc8)cc(c2c37)C1=O)c64)C(=O)N(C(C(=O)OCCOCC1CO1)C(F)(F)F)C5=O. The van der Waals surface area contributed by atoms with Crippen LogP contribution < -0.4 is 18.9 Å². The summed E-state index contributed by atoms with van der Waals surface area (Å²) in [4.78, 5) is 92.5. The van der Waals surface area contributed by atoms with Crippen molar-refractivity contribution in [3.63, 3.8) is 0 Å². The zero-order valence-corrected chi connectivity index (χ0v) is 58.6. The Morgan fingerprint density at radius 1 is 0.406 bits per heavy atom. The lowest BCUT2D eigenvalue weighted by Gasteiger charge is -2.35. The molecule has 2 saturated heterocycles. The number of alkyl halides is 3. The summed E-state index contributed by atoms with van der Waals surface area (Å²) in [6.45, 7) is 26.0. The van der Waals surface area contributed by atoms with Crippen LogP contribution in [0.25, 0.3) is 43.1 Å². The number of nitrogens with zero attached hydrogens (tertiary/aromatic N) is 2. The minimum absolute atomic E-state index is 0.00315. The molecule has 0 aliphatic carbocycles. The van der Waals surface area contributed by atoms with Crippen LogP contribution in [-0.4, -0.2) is 129 Å². The molecule has 4 heterocycles. The summed E-state index contributed by atoms with van der Waals surface area (Å²) in [5, 5.41) is 0.364. The molecule has 101 heavy (non-hydrogen) atoms. The summed E-state index contributed by atoms with van der Waals surface area (Å²) in [6.07, 6.45) is -5.87. The zero-order valence-electron chi connectivity index (χ0n) is 58.6. The molecule has 0 aromatic heterocycles. The van der Waals surface area contributed by atoms with Gasteiger partial charge in [0.15, 0.2) is 0 Å². The number of carbonyl (C=O) groups is 6. The van der Waals surface area contributed by atoms with Crippen molar-refractivity contribution in [2.75, 3.05) is 52.9 Å². The van der Waals surface area contributed by atoms with Gasteiger partial charge in [-0.05, 0) is 124 Å². The number of esters is 2. The van der Waals surface area contributed by atoms with Gasteiger partial charge in [-0.15, -0.1) is 0 Å². The van der Waals surface area contributed by atoms with E-state index in [1.54, 1.807) is 48.5 Å². The molecule has 9 aromatic carbocycles. The highest BCUT2D eigenvalue weighted by Gasteiger charge is 2.56. The average Bonchev–Trinajstić information content (AvgIpc) is 1.55. The van der Waals surface area contributed by atoms with Crippen LogP contribution in [0.15, 0.2) is 121 Å². The Morgan fingerprint density at radius 2 is 0.673 bits per heavy atom. The maximum absolute atomic E-state index is 16.0.